The zero-order valence-corrected chi connectivity index (χ0v) is 17.2. The van der Waals surface area contributed by atoms with Gasteiger partial charge in [-0.05, 0) is 19.9 Å². The third-order valence-corrected chi connectivity index (χ3v) is 5.20. The number of benzene rings is 1. The molecule has 7 heteroatoms. The Labute approximate surface area is 171 Å². The minimum atomic E-state index is 0.0507. The van der Waals surface area contributed by atoms with Crippen molar-refractivity contribution in [2.24, 2.45) is 0 Å². The first-order valence-electron chi connectivity index (χ1n) is 10.2. The van der Waals surface area contributed by atoms with Crippen molar-refractivity contribution < 1.29 is 9.59 Å². The number of nitrogens with zero attached hydrogens (tertiary/aromatic N) is 4. The number of aromatic nitrogens is 1. The summed E-state index contributed by atoms with van der Waals surface area (Å²) in [7, 11) is 0. The van der Waals surface area contributed by atoms with E-state index in [0.29, 0.717) is 26.1 Å². The van der Waals surface area contributed by atoms with Crippen LogP contribution in [0.4, 0.5) is 0 Å². The highest BCUT2D eigenvalue weighted by atomic mass is 16.2. The predicted octanol–water partition coefficient (Wildman–Crippen LogP) is 1.88. The van der Waals surface area contributed by atoms with Gasteiger partial charge in [0.1, 0.15) is 0 Å². The van der Waals surface area contributed by atoms with E-state index >= 15 is 0 Å². The Morgan fingerprint density at radius 1 is 1.10 bits per heavy atom. The van der Waals surface area contributed by atoms with Gasteiger partial charge in [-0.1, -0.05) is 18.2 Å². The van der Waals surface area contributed by atoms with Crippen LogP contribution in [0.2, 0.25) is 0 Å². The van der Waals surface area contributed by atoms with Gasteiger partial charge >= 0.3 is 0 Å². The van der Waals surface area contributed by atoms with E-state index in [4.69, 9.17) is 5.26 Å². The Bertz CT molecular complexity index is 904. The van der Waals surface area contributed by atoms with Crippen LogP contribution in [0.15, 0.2) is 30.5 Å². The van der Waals surface area contributed by atoms with Crippen LogP contribution < -0.4 is 5.32 Å². The lowest BCUT2D eigenvalue weighted by molar-refractivity contribution is -0.123. The molecule has 0 spiro atoms. The number of nitriles is 1. The summed E-state index contributed by atoms with van der Waals surface area (Å²) in [6, 6.07) is 10.2. The standard InChI is InChI=1S/C22H29N5O2/c1-17(2)24-22(29)16-26-12-10-25(11-13-26)15-21(28)19-14-27(9-5-8-23)20-7-4-3-6-18(19)20/h3-4,6-7,14,17H,5,9-13,15-16H2,1-2H3,(H,24,29). The maximum atomic E-state index is 13.0. The van der Waals surface area contributed by atoms with E-state index in [1.165, 1.54) is 0 Å². The Morgan fingerprint density at radius 3 is 2.41 bits per heavy atom. The second-order valence-corrected chi connectivity index (χ2v) is 7.86. The van der Waals surface area contributed by atoms with Crippen LogP contribution in [-0.2, 0) is 11.3 Å². The van der Waals surface area contributed by atoms with Gasteiger partial charge in [0.05, 0.1) is 25.6 Å². The number of amides is 1. The molecule has 1 aliphatic heterocycles. The van der Waals surface area contributed by atoms with Crippen molar-refractivity contribution in [1.29, 1.82) is 5.26 Å². The number of carbonyl (C=O) groups excluding carboxylic acids is 2. The van der Waals surface area contributed by atoms with E-state index in [1.54, 1.807) is 0 Å². The second-order valence-electron chi connectivity index (χ2n) is 7.86. The summed E-state index contributed by atoms with van der Waals surface area (Å²) in [5, 5.41) is 12.7. The van der Waals surface area contributed by atoms with Crippen molar-refractivity contribution in [3.8, 4) is 6.07 Å². The van der Waals surface area contributed by atoms with Crippen molar-refractivity contribution in [3.63, 3.8) is 0 Å². The molecule has 1 aromatic heterocycles. The zero-order chi connectivity index (χ0) is 20.8. The highest BCUT2D eigenvalue weighted by molar-refractivity contribution is 6.09. The quantitative estimate of drug-likeness (QED) is 0.690. The van der Waals surface area contributed by atoms with Crippen LogP contribution in [0.3, 0.4) is 0 Å². The molecule has 1 amide bonds. The minimum absolute atomic E-state index is 0.0507. The predicted molar refractivity (Wildman–Crippen MR) is 113 cm³/mol. The van der Waals surface area contributed by atoms with Crippen LogP contribution in [0.5, 0.6) is 0 Å². The molecule has 3 rings (SSSR count). The number of piperazine rings is 1. The van der Waals surface area contributed by atoms with E-state index in [0.717, 1.165) is 42.6 Å². The van der Waals surface area contributed by atoms with E-state index < -0.39 is 0 Å². The highest BCUT2D eigenvalue weighted by Crippen LogP contribution is 2.22. The second kappa shape index (κ2) is 9.68. The third kappa shape index (κ3) is 5.43. The van der Waals surface area contributed by atoms with Crippen LogP contribution in [0.1, 0.15) is 30.6 Å². The number of fused-ring (bicyclic) bond motifs is 1. The lowest BCUT2D eigenvalue weighted by atomic mass is 10.1. The van der Waals surface area contributed by atoms with Crippen molar-refractivity contribution in [2.45, 2.75) is 32.9 Å². The van der Waals surface area contributed by atoms with E-state index in [1.807, 2.05) is 48.9 Å². The monoisotopic (exact) mass is 395 g/mol. The molecular weight excluding hydrogens is 366 g/mol. The molecule has 1 N–H and O–H groups in total. The first-order valence-corrected chi connectivity index (χ1v) is 10.2. The van der Waals surface area contributed by atoms with Crippen LogP contribution in [0, 0.1) is 11.3 Å². The number of para-hydroxylation sites is 1. The van der Waals surface area contributed by atoms with E-state index in [9.17, 15) is 9.59 Å². The van der Waals surface area contributed by atoms with Gasteiger partial charge in [0.15, 0.2) is 5.78 Å². The van der Waals surface area contributed by atoms with Crippen molar-refractivity contribution in [3.05, 3.63) is 36.0 Å². The molecule has 0 unspecified atom stereocenters. The van der Waals surface area contributed by atoms with Crippen LogP contribution in [0.25, 0.3) is 10.9 Å². The lowest BCUT2D eigenvalue weighted by Gasteiger charge is -2.33. The summed E-state index contributed by atoms with van der Waals surface area (Å²) in [6.07, 6.45) is 2.30. The first-order chi connectivity index (χ1) is 14.0. The van der Waals surface area contributed by atoms with Gasteiger partial charge in [-0.2, -0.15) is 5.26 Å². The molecule has 1 aromatic carbocycles. The molecule has 1 saturated heterocycles. The normalized spacial score (nSPS) is 15.5. The smallest absolute Gasteiger partial charge is 0.234 e. The van der Waals surface area contributed by atoms with Gasteiger partial charge in [0.25, 0.3) is 0 Å². The molecule has 0 bridgehead atoms. The number of rotatable bonds is 8. The average molecular weight is 396 g/mol. The summed E-state index contributed by atoms with van der Waals surface area (Å²) in [6.45, 7) is 8.39. The number of hydrogen-bond acceptors (Lipinski definition) is 5. The molecular formula is C22H29N5O2. The Morgan fingerprint density at radius 2 is 1.76 bits per heavy atom. The number of aryl methyl sites for hydroxylation is 1. The molecule has 154 valence electrons. The largest absolute Gasteiger partial charge is 0.353 e. The number of hydrogen-bond donors (Lipinski definition) is 1. The van der Waals surface area contributed by atoms with Crippen LogP contribution in [-0.4, -0.2) is 71.4 Å². The maximum Gasteiger partial charge on any atom is 0.234 e. The van der Waals surface area contributed by atoms with E-state index in [2.05, 4.69) is 21.2 Å². The summed E-state index contributed by atoms with van der Waals surface area (Å²) < 4.78 is 2.00. The molecule has 29 heavy (non-hydrogen) atoms. The Kier molecular flexibility index (Phi) is 7.02. The molecule has 1 aliphatic rings. The summed E-state index contributed by atoms with van der Waals surface area (Å²) in [4.78, 5) is 29.2. The van der Waals surface area contributed by atoms with Gasteiger partial charge in [-0.3, -0.25) is 19.4 Å². The summed E-state index contributed by atoms with van der Waals surface area (Å²) >= 11 is 0. The first kappa shape index (κ1) is 21.0. The minimum Gasteiger partial charge on any atom is -0.353 e. The summed E-state index contributed by atoms with van der Waals surface area (Å²) in [5.41, 5.74) is 1.71. The number of ketones is 1. The zero-order valence-electron chi connectivity index (χ0n) is 17.2. The van der Waals surface area contributed by atoms with Gasteiger partial charge in [0, 0.05) is 61.4 Å². The molecule has 1 fully saturated rings. The van der Waals surface area contributed by atoms with Gasteiger partial charge < -0.3 is 9.88 Å². The van der Waals surface area contributed by atoms with Crippen molar-refractivity contribution in [1.82, 2.24) is 19.7 Å². The van der Waals surface area contributed by atoms with Gasteiger partial charge in [-0.15, -0.1) is 0 Å². The van der Waals surface area contributed by atoms with Gasteiger partial charge in [0.2, 0.25) is 5.91 Å². The van der Waals surface area contributed by atoms with E-state index in [-0.39, 0.29) is 17.7 Å². The Hall–Kier alpha value is -2.69. The molecule has 0 atom stereocenters. The number of nitrogens with one attached hydrogen (secondary N) is 1. The maximum absolute atomic E-state index is 13.0. The number of carbonyl (C=O) groups is 2. The topological polar surface area (TPSA) is 81.4 Å². The third-order valence-electron chi connectivity index (χ3n) is 5.20. The average Bonchev–Trinajstić information content (AvgIpc) is 3.06. The molecule has 0 aliphatic carbocycles. The lowest BCUT2D eigenvalue weighted by Crippen LogP contribution is -2.51. The molecule has 0 radical (unpaired) electrons. The molecule has 2 heterocycles. The highest BCUT2D eigenvalue weighted by Gasteiger charge is 2.23. The molecule has 0 saturated carbocycles. The van der Waals surface area contributed by atoms with Gasteiger partial charge in [-0.25, -0.2) is 0 Å². The summed E-state index contributed by atoms with van der Waals surface area (Å²) in [5.74, 6) is 0.151. The molecule has 7 nitrogen and oxygen atoms in total. The van der Waals surface area contributed by atoms with Crippen molar-refractivity contribution in [2.75, 3.05) is 39.3 Å². The van der Waals surface area contributed by atoms with Crippen LogP contribution >= 0.6 is 0 Å². The SMILES string of the molecule is CC(C)NC(=O)CN1CCN(CC(=O)c2cn(CCC#N)c3ccccc23)CC1. The van der Waals surface area contributed by atoms with Crippen molar-refractivity contribution >= 4 is 22.6 Å². The molecule has 2 aromatic rings. The fourth-order valence-corrected chi connectivity index (χ4v) is 3.79. The fourth-order valence-electron chi connectivity index (χ4n) is 3.79. The number of Topliss-reactive ketones (excluding diaryl/α,β-unsaturated/α-hetero) is 1. The Balaban J connectivity index is 1.59. The fraction of sp³-hybridized carbons (Fsp3) is 0.500.